The zero-order chi connectivity index (χ0) is 19.5. The van der Waals surface area contributed by atoms with Gasteiger partial charge in [-0.2, -0.15) is 0 Å². The number of anilines is 1. The average molecular weight is 416 g/mol. The van der Waals surface area contributed by atoms with Crippen molar-refractivity contribution in [2.45, 2.75) is 17.9 Å². The van der Waals surface area contributed by atoms with Crippen LogP contribution in [0.15, 0.2) is 47.4 Å². The Morgan fingerprint density at radius 1 is 1.04 bits per heavy atom. The first-order valence-electron chi connectivity index (χ1n) is 7.27. The van der Waals surface area contributed by atoms with E-state index in [1.165, 1.54) is 36.4 Å². The molecule has 0 bridgehead atoms. The fraction of sp³-hybridized carbons (Fsp3) is 0.125. The topological polar surface area (TPSA) is 118 Å². The predicted molar refractivity (Wildman–Crippen MR) is 99.5 cm³/mol. The number of benzene rings is 2. The summed E-state index contributed by atoms with van der Waals surface area (Å²) in [6, 6.07) is 9.55. The van der Waals surface area contributed by atoms with E-state index >= 15 is 0 Å². The Bertz CT molecular complexity index is 946. The molecule has 26 heavy (non-hydrogen) atoms. The van der Waals surface area contributed by atoms with Crippen molar-refractivity contribution in [3.05, 3.63) is 58.1 Å². The smallest absolute Gasteiger partial charge is 0.313 e. The van der Waals surface area contributed by atoms with Gasteiger partial charge >= 0.3 is 11.8 Å². The minimum atomic E-state index is -3.80. The van der Waals surface area contributed by atoms with Crippen molar-refractivity contribution in [3.63, 3.8) is 0 Å². The highest BCUT2D eigenvalue weighted by Gasteiger charge is 2.19. The fourth-order valence-corrected chi connectivity index (χ4v) is 2.92. The lowest BCUT2D eigenvalue weighted by molar-refractivity contribution is -0.136. The number of sulfonamides is 1. The second-order valence-electron chi connectivity index (χ2n) is 5.39. The van der Waals surface area contributed by atoms with E-state index in [0.29, 0.717) is 10.6 Å². The van der Waals surface area contributed by atoms with Crippen LogP contribution in [0.25, 0.3) is 0 Å². The van der Waals surface area contributed by atoms with Crippen LogP contribution in [0.3, 0.4) is 0 Å². The Morgan fingerprint density at radius 2 is 1.65 bits per heavy atom. The van der Waals surface area contributed by atoms with E-state index in [4.69, 9.17) is 28.3 Å². The first-order valence-corrected chi connectivity index (χ1v) is 9.58. The molecule has 10 heteroatoms. The molecule has 1 atom stereocenters. The highest BCUT2D eigenvalue weighted by atomic mass is 35.5. The van der Waals surface area contributed by atoms with E-state index in [-0.39, 0.29) is 15.6 Å². The third-order valence-corrected chi connectivity index (χ3v) is 4.93. The summed E-state index contributed by atoms with van der Waals surface area (Å²) in [5.74, 6) is -1.80. The largest absolute Gasteiger partial charge is 0.341 e. The summed E-state index contributed by atoms with van der Waals surface area (Å²) in [6.45, 7) is 1.64. The van der Waals surface area contributed by atoms with E-state index in [2.05, 4.69) is 10.6 Å². The van der Waals surface area contributed by atoms with Crippen LogP contribution in [0.1, 0.15) is 18.5 Å². The SMILES string of the molecule is C[C@@H](NC(=O)C(=O)Nc1cc(Cl)ccc1Cl)c1ccc(S(N)(=O)=O)cc1. The first-order chi connectivity index (χ1) is 12.1. The van der Waals surface area contributed by atoms with Crippen molar-refractivity contribution in [2.24, 2.45) is 5.14 Å². The van der Waals surface area contributed by atoms with Gasteiger partial charge in [-0.3, -0.25) is 9.59 Å². The molecule has 2 aromatic rings. The Kier molecular flexibility index (Phi) is 6.25. The van der Waals surface area contributed by atoms with Crippen LogP contribution < -0.4 is 15.8 Å². The van der Waals surface area contributed by atoms with Crippen molar-refractivity contribution >= 4 is 50.7 Å². The molecular formula is C16H15Cl2N3O4S. The maximum absolute atomic E-state index is 12.0. The average Bonchev–Trinajstić information content (AvgIpc) is 2.57. The first kappa shape index (κ1) is 20.2. The zero-order valence-corrected chi connectivity index (χ0v) is 15.8. The van der Waals surface area contributed by atoms with E-state index in [9.17, 15) is 18.0 Å². The highest BCUT2D eigenvalue weighted by Crippen LogP contribution is 2.25. The lowest BCUT2D eigenvalue weighted by Gasteiger charge is -2.15. The third-order valence-electron chi connectivity index (χ3n) is 3.44. The number of carbonyl (C=O) groups is 2. The van der Waals surface area contributed by atoms with Gasteiger partial charge in [0.15, 0.2) is 0 Å². The molecule has 2 amide bonds. The van der Waals surface area contributed by atoms with Gasteiger partial charge < -0.3 is 10.6 Å². The molecule has 0 radical (unpaired) electrons. The van der Waals surface area contributed by atoms with Gasteiger partial charge in [0, 0.05) is 5.02 Å². The highest BCUT2D eigenvalue weighted by molar-refractivity contribution is 7.89. The lowest BCUT2D eigenvalue weighted by Crippen LogP contribution is -2.37. The molecule has 0 saturated carbocycles. The van der Waals surface area contributed by atoms with Crippen molar-refractivity contribution in [2.75, 3.05) is 5.32 Å². The number of hydrogen-bond donors (Lipinski definition) is 3. The molecule has 0 unspecified atom stereocenters. The van der Waals surface area contributed by atoms with Crippen LogP contribution in [0, 0.1) is 0 Å². The number of primary sulfonamides is 1. The molecule has 0 aromatic heterocycles. The van der Waals surface area contributed by atoms with Gasteiger partial charge in [0.1, 0.15) is 0 Å². The molecule has 2 aromatic carbocycles. The van der Waals surface area contributed by atoms with Gasteiger partial charge in [-0.1, -0.05) is 35.3 Å². The van der Waals surface area contributed by atoms with Crippen LogP contribution in [0.4, 0.5) is 5.69 Å². The minimum absolute atomic E-state index is 0.0480. The Balaban J connectivity index is 2.04. The summed E-state index contributed by atoms with van der Waals surface area (Å²) in [4.78, 5) is 24.0. The second-order valence-corrected chi connectivity index (χ2v) is 7.79. The molecule has 4 N–H and O–H groups in total. The van der Waals surface area contributed by atoms with Crippen molar-refractivity contribution < 1.29 is 18.0 Å². The van der Waals surface area contributed by atoms with Gasteiger partial charge in [0.2, 0.25) is 10.0 Å². The predicted octanol–water partition coefficient (Wildman–Crippen LogP) is 2.46. The van der Waals surface area contributed by atoms with Crippen LogP contribution in [-0.2, 0) is 19.6 Å². The molecule has 0 heterocycles. The van der Waals surface area contributed by atoms with Crippen molar-refractivity contribution in [1.82, 2.24) is 5.32 Å². The summed E-state index contributed by atoms with van der Waals surface area (Å²) in [5, 5.41) is 10.5. The van der Waals surface area contributed by atoms with Crippen molar-refractivity contribution in [1.29, 1.82) is 0 Å². The van der Waals surface area contributed by atoms with Gasteiger partial charge in [-0.05, 0) is 42.8 Å². The molecule has 0 aliphatic heterocycles. The molecule has 0 saturated heterocycles. The van der Waals surface area contributed by atoms with E-state index in [0.717, 1.165) is 0 Å². The molecule has 0 aliphatic rings. The molecular weight excluding hydrogens is 401 g/mol. The van der Waals surface area contributed by atoms with Gasteiger partial charge in [-0.15, -0.1) is 0 Å². The summed E-state index contributed by atoms with van der Waals surface area (Å²) in [5.41, 5.74) is 0.809. The van der Waals surface area contributed by atoms with E-state index in [1.807, 2.05) is 0 Å². The molecule has 0 aliphatic carbocycles. The second kappa shape index (κ2) is 8.05. The maximum atomic E-state index is 12.0. The van der Waals surface area contributed by atoms with E-state index < -0.39 is 27.9 Å². The monoisotopic (exact) mass is 415 g/mol. The van der Waals surface area contributed by atoms with Gasteiger partial charge in [0.25, 0.3) is 0 Å². The van der Waals surface area contributed by atoms with Crippen molar-refractivity contribution in [3.8, 4) is 0 Å². The molecule has 2 rings (SSSR count). The number of hydrogen-bond acceptors (Lipinski definition) is 4. The normalized spacial score (nSPS) is 12.3. The molecule has 7 nitrogen and oxygen atoms in total. The summed E-state index contributed by atoms with van der Waals surface area (Å²) >= 11 is 11.8. The quantitative estimate of drug-likeness (QED) is 0.664. The minimum Gasteiger partial charge on any atom is -0.341 e. The van der Waals surface area contributed by atoms with Crippen LogP contribution >= 0.6 is 23.2 Å². The lowest BCUT2D eigenvalue weighted by atomic mass is 10.1. The fourth-order valence-electron chi connectivity index (χ4n) is 2.06. The number of carbonyl (C=O) groups excluding carboxylic acids is 2. The molecule has 138 valence electrons. The van der Waals surface area contributed by atoms with Gasteiger partial charge in [-0.25, -0.2) is 13.6 Å². The van der Waals surface area contributed by atoms with Crippen LogP contribution in [0.2, 0.25) is 10.0 Å². The standard InChI is InChI=1S/C16H15Cl2N3O4S/c1-9(10-2-5-12(6-3-10)26(19,24)25)20-15(22)16(23)21-14-8-11(17)4-7-13(14)18/h2-9H,1H3,(H,20,22)(H,21,23)(H2,19,24,25)/t9-/m1/s1. The number of nitrogens with two attached hydrogens (primary N) is 1. The Hall–Kier alpha value is -2.13. The molecule has 0 spiro atoms. The Morgan fingerprint density at radius 3 is 2.23 bits per heavy atom. The number of amides is 2. The summed E-state index contributed by atoms with van der Waals surface area (Å²) in [7, 11) is -3.80. The molecule has 0 fully saturated rings. The zero-order valence-electron chi connectivity index (χ0n) is 13.5. The number of nitrogens with one attached hydrogen (secondary N) is 2. The maximum Gasteiger partial charge on any atom is 0.313 e. The number of rotatable bonds is 4. The third kappa shape index (κ3) is 5.18. The van der Waals surface area contributed by atoms with E-state index in [1.54, 1.807) is 13.0 Å². The van der Waals surface area contributed by atoms with Gasteiger partial charge in [0.05, 0.1) is 21.6 Å². The van der Waals surface area contributed by atoms with Crippen LogP contribution in [-0.4, -0.2) is 20.2 Å². The summed E-state index contributed by atoms with van der Waals surface area (Å²) < 4.78 is 22.5. The number of halogens is 2. The Labute approximate surface area is 160 Å². The summed E-state index contributed by atoms with van der Waals surface area (Å²) in [6.07, 6.45) is 0. The van der Waals surface area contributed by atoms with Crippen LogP contribution in [0.5, 0.6) is 0 Å².